The van der Waals surface area contributed by atoms with Crippen molar-refractivity contribution in [1.29, 1.82) is 10.5 Å². The largest absolute Gasteiger partial charge is 0.488 e. The minimum absolute atomic E-state index is 0.272. The molecule has 0 unspecified atom stereocenters. The van der Waals surface area contributed by atoms with Gasteiger partial charge in [0.25, 0.3) is 0 Å². The molecule has 34 heavy (non-hydrogen) atoms. The lowest BCUT2D eigenvalue weighted by Gasteiger charge is -2.33. The van der Waals surface area contributed by atoms with Crippen LogP contribution in [0.5, 0.6) is 5.75 Å². The van der Waals surface area contributed by atoms with E-state index >= 15 is 0 Å². The van der Waals surface area contributed by atoms with E-state index in [9.17, 15) is 5.26 Å². The summed E-state index contributed by atoms with van der Waals surface area (Å²) in [6.07, 6.45) is 4.93. The lowest BCUT2D eigenvalue weighted by Crippen LogP contribution is -2.26. The topological polar surface area (TPSA) is 69.2 Å². The number of fused-ring (bicyclic) bond motifs is 1. The highest BCUT2D eigenvalue weighted by molar-refractivity contribution is 9.10. The number of halogens is 1. The molecule has 1 aromatic heterocycles. The van der Waals surface area contributed by atoms with Gasteiger partial charge in [0.15, 0.2) is 0 Å². The van der Waals surface area contributed by atoms with Crippen LogP contribution in [-0.4, -0.2) is 6.21 Å². The molecule has 0 saturated carbocycles. The SMILES string of the molecule is CC(C)(C)[C@H]1CCc2c(sc(N=Cc3ccc(OCc4ccc(C#N)cc4)c(Br)c3)c2C#N)C1. The Balaban J connectivity index is 1.47. The number of aliphatic imine (C=N–C) groups is 1. The van der Waals surface area contributed by atoms with E-state index in [1.807, 2.05) is 36.5 Å². The van der Waals surface area contributed by atoms with Crippen molar-refractivity contribution >= 4 is 38.5 Å². The van der Waals surface area contributed by atoms with Gasteiger partial charge in [-0.25, -0.2) is 4.99 Å². The average Bonchev–Trinajstić information content (AvgIpc) is 3.18. The van der Waals surface area contributed by atoms with Gasteiger partial charge < -0.3 is 4.74 Å². The zero-order valence-electron chi connectivity index (χ0n) is 19.6. The van der Waals surface area contributed by atoms with Gasteiger partial charge in [0.05, 0.1) is 21.7 Å². The molecular formula is C28H26BrN3OS. The Bertz CT molecular complexity index is 1300. The second kappa shape index (κ2) is 10.1. The predicted molar refractivity (Wildman–Crippen MR) is 141 cm³/mol. The lowest BCUT2D eigenvalue weighted by molar-refractivity contribution is 0.218. The number of ether oxygens (including phenoxy) is 1. The molecule has 0 saturated heterocycles. The third kappa shape index (κ3) is 5.41. The Morgan fingerprint density at radius 3 is 2.56 bits per heavy atom. The number of rotatable bonds is 5. The molecule has 1 aliphatic carbocycles. The third-order valence-corrected chi connectivity index (χ3v) is 8.13. The second-order valence-corrected chi connectivity index (χ2v) is 11.6. The number of thiophene rings is 1. The minimum atomic E-state index is 0.272. The fourth-order valence-corrected chi connectivity index (χ4v) is 5.93. The number of nitriles is 2. The molecule has 4 nitrogen and oxygen atoms in total. The molecule has 0 bridgehead atoms. The van der Waals surface area contributed by atoms with Gasteiger partial charge in [-0.15, -0.1) is 11.3 Å². The van der Waals surface area contributed by atoms with Gasteiger partial charge in [-0.1, -0.05) is 32.9 Å². The summed E-state index contributed by atoms with van der Waals surface area (Å²) in [6, 6.07) is 17.7. The second-order valence-electron chi connectivity index (χ2n) is 9.65. The number of benzene rings is 2. The van der Waals surface area contributed by atoms with Crippen molar-refractivity contribution in [2.75, 3.05) is 0 Å². The molecule has 1 aliphatic rings. The molecule has 0 radical (unpaired) electrons. The summed E-state index contributed by atoms with van der Waals surface area (Å²) in [7, 11) is 0. The van der Waals surface area contributed by atoms with Crippen molar-refractivity contribution in [2.24, 2.45) is 16.3 Å². The Kier molecular flexibility index (Phi) is 7.22. The first kappa shape index (κ1) is 24.2. The van der Waals surface area contributed by atoms with E-state index in [2.05, 4.69) is 48.8 Å². The van der Waals surface area contributed by atoms with E-state index in [-0.39, 0.29) is 5.41 Å². The first-order valence-corrected chi connectivity index (χ1v) is 12.9. The number of hydrogen-bond acceptors (Lipinski definition) is 5. The van der Waals surface area contributed by atoms with E-state index in [4.69, 9.17) is 15.0 Å². The normalized spacial score (nSPS) is 15.5. The molecule has 0 spiro atoms. The Labute approximate surface area is 213 Å². The Hall–Kier alpha value is -2.93. The summed E-state index contributed by atoms with van der Waals surface area (Å²) < 4.78 is 6.77. The summed E-state index contributed by atoms with van der Waals surface area (Å²) in [5.74, 6) is 1.37. The summed E-state index contributed by atoms with van der Waals surface area (Å²) in [5, 5.41) is 19.5. The molecule has 6 heteroatoms. The van der Waals surface area contributed by atoms with E-state index in [0.717, 1.165) is 51.2 Å². The summed E-state index contributed by atoms with van der Waals surface area (Å²) >= 11 is 5.25. The first-order valence-electron chi connectivity index (χ1n) is 11.3. The zero-order valence-corrected chi connectivity index (χ0v) is 22.0. The van der Waals surface area contributed by atoms with Gasteiger partial charge in [0.1, 0.15) is 23.4 Å². The van der Waals surface area contributed by atoms with Crippen LogP contribution in [0.1, 0.15) is 59.9 Å². The van der Waals surface area contributed by atoms with Crippen LogP contribution in [0.4, 0.5) is 5.00 Å². The van der Waals surface area contributed by atoms with Crippen molar-refractivity contribution in [3.05, 3.63) is 79.6 Å². The highest BCUT2D eigenvalue weighted by atomic mass is 79.9. The van der Waals surface area contributed by atoms with Gasteiger partial charge in [0.2, 0.25) is 0 Å². The van der Waals surface area contributed by atoms with Crippen LogP contribution >= 0.6 is 27.3 Å². The van der Waals surface area contributed by atoms with Crippen LogP contribution in [-0.2, 0) is 19.4 Å². The molecule has 0 aliphatic heterocycles. The maximum atomic E-state index is 9.79. The lowest BCUT2D eigenvalue weighted by atomic mass is 9.72. The van der Waals surface area contributed by atoms with Crippen LogP contribution in [0, 0.1) is 34.0 Å². The molecule has 0 fully saturated rings. The van der Waals surface area contributed by atoms with Crippen LogP contribution in [0.3, 0.4) is 0 Å². The van der Waals surface area contributed by atoms with Crippen molar-refractivity contribution in [2.45, 2.75) is 46.6 Å². The fraction of sp³-hybridized carbons (Fsp3) is 0.321. The minimum Gasteiger partial charge on any atom is -0.488 e. The van der Waals surface area contributed by atoms with Crippen molar-refractivity contribution in [3.63, 3.8) is 0 Å². The molecule has 4 rings (SSSR count). The predicted octanol–water partition coefficient (Wildman–Crippen LogP) is 7.73. The standard InChI is InChI=1S/C28H26BrN3OS/c1-28(2,3)21-9-10-22-23(15-31)27(34-26(22)13-21)32-16-20-8-11-25(24(29)12-20)33-17-19-6-4-18(14-30)5-7-19/h4-8,11-12,16,21H,9-10,13,17H2,1-3H3/t21-/m0/s1. The molecule has 3 aromatic rings. The zero-order chi connectivity index (χ0) is 24.3. The average molecular weight is 533 g/mol. The molecule has 1 heterocycles. The highest BCUT2D eigenvalue weighted by Crippen LogP contribution is 2.44. The van der Waals surface area contributed by atoms with E-state index in [1.165, 1.54) is 10.4 Å². The summed E-state index contributed by atoms with van der Waals surface area (Å²) in [6.45, 7) is 7.32. The van der Waals surface area contributed by atoms with Gasteiger partial charge in [-0.2, -0.15) is 10.5 Å². The number of nitrogens with zero attached hydrogens (tertiary/aromatic N) is 3. The van der Waals surface area contributed by atoms with Crippen LogP contribution in [0.25, 0.3) is 0 Å². The molecule has 1 atom stereocenters. The molecule has 0 N–H and O–H groups in total. The first-order chi connectivity index (χ1) is 16.3. The monoisotopic (exact) mass is 531 g/mol. The molecule has 0 amide bonds. The van der Waals surface area contributed by atoms with Crippen molar-refractivity contribution < 1.29 is 4.74 Å². The van der Waals surface area contributed by atoms with Gasteiger partial charge in [0, 0.05) is 11.1 Å². The smallest absolute Gasteiger partial charge is 0.134 e. The molecule has 172 valence electrons. The van der Waals surface area contributed by atoms with Gasteiger partial charge in [-0.3, -0.25) is 0 Å². The fourth-order valence-electron chi connectivity index (χ4n) is 4.20. The third-order valence-electron chi connectivity index (χ3n) is 6.35. The maximum Gasteiger partial charge on any atom is 0.134 e. The highest BCUT2D eigenvalue weighted by Gasteiger charge is 2.32. The van der Waals surface area contributed by atoms with Gasteiger partial charge in [-0.05, 0) is 93.5 Å². The van der Waals surface area contributed by atoms with Crippen LogP contribution < -0.4 is 4.74 Å². The van der Waals surface area contributed by atoms with E-state index in [0.29, 0.717) is 18.1 Å². The number of hydrogen-bond donors (Lipinski definition) is 0. The molecule has 2 aromatic carbocycles. The quantitative estimate of drug-likeness (QED) is 0.316. The maximum absolute atomic E-state index is 9.79. The van der Waals surface area contributed by atoms with E-state index < -0.39 is 0 Å². The van der Waals surface area contributed by atoms with E-state index in [1.54, 1.807) is 23.5 Å². The van der Waals surface area contributed by atoms with Crippen LogP contribution in [0.15, 0.2) is 51.9 Å². The Morgan fingerprint density at radius 2 is 1.91 bits per heavy atom. The summed E-state index contributed by atoms with van der Waals surface area (Å²) in [4.78, 5) is 6.03. The molecular weight excluding hydrogens is 506 g/mol. The van der Waals surface area contributed by atoms with Crippen LogP contribution in [0.2, 0.25) is 0 Å². The van der Waals surface area contributed by atoms with Crippen molar-refractivity contribution in [3.8, 4) is 17.9 Å². The van der Waals surface area contributed by atoms with Crippen molar-refractivity contribution in [1.82, 2.24) is 0 Å². The van der Waals surface area contributed by atoms with Gasteiger partial charge >= 0.3 is 0 Å². The summed E-state index contributed by atoms with van der Waals surface area (Å²) in [5.41, 5.74) is 4.77. The Morgan fingerprint density at radius 1 is 1.15 bits per heavy atom.